The first-order valence-electron chi connectivity index (χ1n) is 11.7. The van der Waals surface area contributed by atoms with Crippen molar-refractivity contribution in [1.29, 1.82) is 0 Å². The largest absolute Gasteiger partial charge is 0.494 e. The van der Waals surface area contributed by atoms with Crippen molar-refractivity contribution < 1.29 is 14.0 Å². The van der Waals surface area contributed by atoms with E-state index < -0.39 is 0 Å². The zero-order chi connectivity index (χ0) is 24.1. The van der Waals surface area contributed by atoms with Crippen molar-refractivity contribution in [3.63, 3.8) is 0 Å². The molecular formula is C25H32ClN5O3. The van der Waals surface area contributed by atoms with E-state index >= 15 is 0 Å². The zero-order valence-corrected chi connectivity index (χ0v) is 21.0. The molecule has 9 heteroatoms. The van der Waals surface area contributed by atoms with Crippen LogP contribution in [0.5, 0.6) is 5.75 Å². The van der Waals surface area contributed by atoms with Crippen molar-refractivity contribution in [2.75, 3.05) is 38.7 Å². The van der Waals surface area contributed by atoms with Crippen LogP contribution < -0.4 is 15.4 Å². The number of nitrogens with one attached hydrogen (secondary N) is 2. The van der Waals surface area contributed by atoms with Gasteiger partial charge >= 0.3 is 0 Å². The molecular weight excluding hydrogens is 454 g/mol. The third-order valence-electron chi connectivity index (χ3n) is 6.00. The van der Waals surface area contributed by atoms with E-state index in [1.165, 1.54) is 0 Å². The zero-order valence-electron chi connectivity index (χ0n) is 20.2. The first-order valence-corrected chi connectivity index (χ1v) is 12.1. The lowest BCUT2D eigenvalue weighted by Crippen LogP contribution is -2.28. The van der Waals surface area contributed by atoms with Gasteiger partial charge in [-0.25, -0.2) is 9.97 Å². The molecule has 0 unspecified atom stereocenters. The molecule has 1 aromatic carbocycles. The molecule has 1 saturated heterocycles. The number of benzene rings is 1. The maximum atomic E-state index is 6.62. The number of aromatic nitrogens is 3. The Kier molecular flexibility index (Phi) is 8.03. The average Bonchev–Trinajstić information content (AvgIpc) is 3.17. The molecule has 34 heavy (non-hydrogen) atoms. The van der Waals surface area contributed by atoms with Gasteiger partial charge in [-0.15, -0.1) is 0 Å². The summed E-state index contributed by atoms with van der Waals surface area (Å²) in [6.45, 7) is 8.82. The van der Waals surface area contributed by atoms with Gasteiger partial charge in [-0.2, -0.15) is 0 Å². The number of hydrogen-bond donors (Lipinski definition) is 2. The Morgan fingerprint density at radius 3 is 2.65 bits per heavy atom. The van der Waals surface area contributed by atoms with Crippen molar-refractivity contribution in [1.82, 2.24) is 20.4 Å². The van der Waals surface area contributed by atoms with E-state index in [0.717, 1.165) is 84.4 Å². The summed E-state index contributed by atoms with van der Waals surface area (Å²) in [5.74, 6) is 2.76. The highest BCUT2D eigenvalue weighted by Gasteiger charge is 2.23. The number of halogens is 1. The van der Waals surface area contributed by atoms with Crippen molar-refractivity contribution in [3.05, 3.63) is 40.2 Å². The highest BCUT2D eigenvalue weighted by atomic mass is 35.5. The summed E-state index contributed by atoms with van der Waals surface area (Å²) < 4.78 is 16.9. The standard InChI is InChI=1S/C25H32ClN5O3/c1-15-23(22-16(2)31-34-17(22)3)29-25(30-24(15)28-18-8-12-32-13-9-18)20-14-19(6-7-21(20)26)33-11-5-10-27-4/h6-7,14,18,27H,5,8-13H2,1-4H3,(H,28,29,30). The van der Waals surface area contributed by atoms with Gasteiger partial charge in [-0.3, -0.25) is 0 Å². The topological polar surface area (TPSA) is 94.3 Å². The first kappa shape index (κ1) is 24.4. The molecule has 1 aliphatic rings. The van der Waals surface area contributed by atoms with Crippen LogP contribution in [0.4, 0.5) is 5.82 Å². The van der Waals surface area contributed by atoms with Gasteiger partial charge in [-0.05, 0) is 71.8 Å². The smallest absolute Gasteiger partial charge is 0.163 e. The van der Waals surface area contributed by atoms with E-state index in [-0.39, 0.29) is 6.04 Å². The lowest BCUT2D eigenvalue weighted by atomic mass is 10.0. The Bertz CT molecular complexity index is 1110. The Balaban J connectivity index is 1.76. The van der Waals surface area contributed by atoms with Crippen LogP contribution in [-0.4, -0.2) is 54.6 Å². The number of ether oxygens (including phenoxy) is 2. The summed E-state index contributed by atoms with van der Waals surface area (Å²) in [5.41, 5.74) is 4.12. The van der Waals surface area contributed by atoms with Crippen LogP contribution in [0.1, 0.15) is 36.3 Å². The van der Waals surface area contributed by atoms with Crippen molar-refractivity contribution in [2.45, 2.75) is 46.1 Å². The second-order valence-corrected chi connectivity index (χ2v) is 8.95. The van der Waals surface area contributed by atoms with E-state index in [9.17, 15) is 0 Å². The lowest BCUT2D eigenvalue weighted by Gasteiger charge is -2.25. The summed E-state index contributed by atoms with van der Waals surface area (Å²) in [4.78, 5) is 9.86. The van der Waals surface area contributed by atoms with Crippen LogP contribution in [0.2, 0.25) is 5.02 Å². The molecule has 182 valence electrons. The van der Waals surface area contributed by atoms with Gasteiger partial charge in [0, 0.05) is 30.4 Å². The molecule has 3 heterocycles. The number of nitrogens with zero attached hydrogens (tertiary/aromatic N) is 3. The van der Waals surface area contributed by atoms with E-state index in [4.69, 9.17) is 35.6 Å². The van der Waals surface area contributed by atoms with Crippen LogP contribution in [0.25, 0.3) is 22.6 Å². The predicted molar refractivity (Wildman–Crippen MR) is 134 cm³/mol. The molecule has 2 aromatic heterocycles. The summed E-state index contributed by atoms with van der Waals surface area (Å²) >= 11 is 6.62. The molecule has 0 amide bonds. The van der Waals surface area contributed by atoms with Crippen molar-refractivity contribution in [3.8, 4) is 28.4 Å². The Morgan fingerprint density at radius 2 is 1.94 bits per heavy atom. The summed E-state index contributed by atoms with van der Waals surface area (Å²) in [6, 6.07) is 5.89. The molecule has 3 aromatic rings. The second kappa shape index (κ2) is 11.2. The molecule has 1 fully saturated rings. The van der Waals surface area contributed by atoms with E-state index in [0.29, 0.717) is 17.5 Å². The third-order valence-corrected chi connectivity index (χ3v) is 6.33. The molecule has 0 radical (unpaired) electrons. The molecule has 0 bridgehead atoms. The van der Waals surface area contributed by atoms with Gasteiger partial charge in [0.05, 0.1) is 28.6 Å². The molecule has 8 nitrogen and oxygen atoms in total. The number of rotatable bonds is 9. The molecule has 0 aliphatic carbocycles. The minimum Gasteiger partial charge on any atom is -0.494 e. The second-order valence-electron chi connectivity index (χ2n) is 8.55. The third kappa shape index (κ3) is 5.51. The Hall–Kier alpha value is -2.68. The van der Waals surface area contributed by atoms with Gasteiger partial charge in [-0.1, -0.05) is 16.8 Å². The molecule has 2 N–H and O–H groups in total. The minimum atomic E-state index is 0.282. The maximum Gasteiger partial charge on any atom is 0.163 e. The van der Waals surface area contributed by atoms with Crippen molar-refractivity contribution >= 4 is 17.4 Å². The van der Waals surface area contributed by atoms with E-state index in [2.05, 4.69) is 15.8 Å². The quantitative estimate of drug-likeness (QED) is 0.411. The maximum absolute atomic E-state index is 6.62. The molecule has 0 saturated carbocycles. The van der Waals surface area contributed by atoms with Crippen LogP contribution in [0.15, 0.2) is 22.7 Å². The normalized spacial score (nSPS) is 14.4. The SMILES string of the molecule is CNCCCOc1ccc(Cl)c(-c2nc(NC3CCOCC3)c(C)c(-c3c(C)noc3C)n2)c1. The minimum absolute atomic E-state index is 0.282. The fourth-order valence-corrected chi connectivity index (χ4v) is 4.28. The summed E-state index contributed by atoms with van der Waals surface area (Å²) in [6.07, 6.45) is 2.76. The molecule has 0 atom stereocenters. The van der Waals surface area contributed by atoms with Gasteiger partial charge in [0.25, 0.3) is 0 Å². The first-order chi connectivity index (χ1) is 16.5. The fourth-order valence-electron chi connectivity index (χ4n) is 4.08. The number of anilines is 1. The number of aryl methyl sites for hydroxylation is 2. The van der Waals surface area contributed by atoms with Gasteiger partial charge in [0.1, 0.15) is 17.3 Å². The van der Waals surface area contributed by atoms with Crippen LogP contribution in [0.3, 0.4) is 0 Å². The lowest BCUT2D eigenvalue weighted by molar-refractivity contribution is 0.0904. The van der Waals surface area contributed by atoms with Crippen LogP contribution >= 0.6 is 11.6 Å². The molecule has 1 aliphatic heterocycles. The van der Waals surface area contributed by atoms with Gasteiger partial charge < -0.3 is 24.6 Å². The average molecular weight is 486 g/mol. The van der Waals surface area contributed by atoms with Gasteiger partial charge in [0.2, 0.25) is 0 Å². The Morgan fingerprint density at radius 1 is 1.15 bits per heavy atom. The predicted octanol–water partition coefficient (Wildman–Crippen LogP) is 4.96. The summed E-state index contributed by atoms with van der Waals surface area (Å²) in [5, 5.41) is 11.4. The Labute approximate surface area is 205 Å². The fraction of sp³-hybridized carbons (Fsp3) is 0.480. The van der Waals surface area contributed by atoms with Gasteiger partial charge in [0.15, 0.2) is 5.82 Å². The number of hydrogen-bond acceptors (Lipinski definition) is 8. The monoisotopic (exact) mass is 485 g/mol. The van der Waals surface area contributed by atoms with Crippen LogP contribution in [0, 0.1) is 20.8 Å². The highest BCUT2D eigenvalue weighted by Crippen LogP contribution is 2.36. The molecule has 4 rings (SSSR count). The highest BCUT2D eigenvalue weighted by molar-refractivity contribution is 6.33. The molecule has 0 spiro atoms. The van der Waals surface area contributed by atoms with Crippen LogP contribution in [-0.2, 0) is 4.74 Å². The van der Waals surface area contributed by atoms with Crippen molar-refractivity contribution in [2.24, 2.45) is 0 Å². The summed E-state index contributed by atoms with van der Waals surface area (Å²) in [7, 11) is 1.93. The van der Waals surface area contributed by atoms with E-state index in [1.807, 2.05) is 46.0 Å². The van der Waals surface area contributed by atoms with E-state index in [1.54, 1.807) is 0 Å².